The quantitative estimate of drug-likeness (QED) is 0.547. The van der Waals surface area contributed by atoms with Gasteiger partial charge in [-0.25, -0.2) is 12.8 Å². The number of benzene rings is 3. The van der Waals surface area contributed by atoms with E-state index in [1.807, 2.05) is 19.1 Å². The van der Waals surface area contributed by atoms with Crippen LogP contribution < -0.4 is 4.72 Å². The van der Waals surface area contributed by atoms with E-state index in [1.54, 1.807) is 36.4 Å². The van der Waals surface area contributed by atoms with Crippen molar-refractivity contribution in [3.05, 3.63) is 78.1 Å². The number of H-pyrrole nitrogens is 1. The molecule has 0 aliphatic heterocycles. The fraction of sp³-hybridized carbons (Fsp3) is 0.0500. The SMILES string of the molecule is Cc1ccc(NS(=O)(=O)c2cccc(-c3n[nH]c4cc(F)ccc34)c2)cc1. The molecule has 3 aromatic carbocycles. The number of halogens is 1. The Kier molecular flexibility index (Phi) is 4.16. The first kappa shape index (κ1) is 17.2. The lowest BCUT2D eigenvalue weighted by molar-refractivity contribution is 0.601. The lowest BCUT2D eigenvalue weighted by Gasteiger charge is -2.09. The summed E-state index contributed by atoms with van der Waals surface area (Å²) in [5.41, 5.74) is 3.28. The van der Waals surface area contributed by atoms with Gasteiger partial charge < -0.3 is 0 Å². The van der Waals surface area contributed by atoms with Crippen molar-refractivity contribution in [1.29, 1.82) is 0 Å². The van der Waals surface area contributed by atoms with Crippen LogP contribution in [-0.2, 0) is 10.0 Å². The second-order valence-electron chi connectivity index (χ2n) is 6.26. The van der Waals surface area contributed by atoms with Gasteiger partial charge in [0.2, 0.25) is 0 Å². The molecule has 0 aliphatic rings. The molecule has 0 saturated carbocycles. The van der Waals surface area contributed by atoms with Crippen LogP contribution in [0.25, 0.3) is 22.2 Å². The van der Waals surface area contributed by atoms with Gasteiger partial charge in [-0.2, -0.15) is 5.10 Å². The highest BCUT2D eigenvalue weighted by atomic mass is 32.2. The van der Waals surface area contributed by atoms with E-state index in [1.165, 1.54) is 18.2 Å². The average Bonchev–Trinajstić information content (AvgIpc) is 3.06. The minimum absolute atomic E-state index is 0.124. The third-order valence-electron chi connectivity index (χ3n) is 4.25. The van der Waals surface area contributed by atoms with Crippen molar-refractivity contribution in [2.45, 2.75) is 11.8 Å². The van der Waals surface area contributed by atoms with Crippen molar-refractivity contribution >= 4 is 26.6 Å². The molecule has 0 radical (unpaired) electrons. The topological polar surface area (TPSA) is 74.8 Å². The summed E-state index contributed by atoms with van der Waals surface area (Å²) in [7, 11) is -3.75. The highest BCUT2D eigenvalue weighted by Crippen LogP contribution is 2.28. The van der Waals surface area contributed by atoms with Gasteiger partial charge in [0.25, 0.3) is 10.0 Å². The van der Waals surface area contributed by atoms with Crippen LogP contribution in [0.3, 0.4) is 0 Å². The van der Waals surface area contributed by atoms with Crippen molar-refractivity contribution < 1.29 is 12.8 Å². The van der Waals surface area contributed by atoms with Crippen molar-refractivity contribution in [3.8, 4) is 11.3 Å². The smallest absolute Gasteiger partial charge is 0.261 e. The number of sulfonamides is 1. The molecular weight excluding hydrogens is 365 g/mol. The molecule has 136 valence electrons. The number of aromatic nitrogens is 2. The number of rotatable bonds is 4. The van der Waals surface area contributed by atoms with Crippen molar-refractivity contribution in [1.82, 2.24) is 10.2 Å². The summed E-state index contributed by atoms with van der Waals surface area (Å²) in [5, 5.41) is 7.71. The van der Waals surface area contributed by atoms with Gasteiger partial charge in [0.1, 0.15) is 5.82 Å². The molecule has 0 unspecified atom stereocenters. The highest BCUT2D eigenvalue weighted by Gasteiger charge is 2.17. The molecule has 0 fully saturated rings. The van der Waals surface area contributed by atoms with Gasteiger partial charge in [0.05, 0.1) is 16.1 Å². The van der Waals surface area contributed by atoms with Crippen LogP contribution in [0.1, 0.15) is 5.56 Å². The van der Waals surface area contributed by atoms with E-state index in [0.29, 0.717) is 22.5 Å². The van der Waals surface area contributed by atoms with Crippen molar-refractivity contribution in [3.63, 3.8) is 0 Å². The lowest BCUT2D eigenvalue weighted by atomic mass is 10.1. The number of anilines is 1. The summed E-state index contributed by atoms with van der Waals surface area (Å²) in [6.07, 6.45) is 0. The molecule has 5 nitrogen and oxygen atoms in total. The van der Waals surface area contributed by atoms with Crippen LogP contribution in [0.5, 0.6) is 0 Å². The van der Waals surface area contributed by atoms with E-state index in [9.17, 15) is 12.8 Å². The van der Waals surface area contributed by atoms with Gasteiger partial charge in [0, 0.05) is 16.6 Å². The Morgan fingerprint density at radius 2 is 1.78 bits per heavy atom. The molecule has 0 bridgehead atoms. The first-order chi connectivity index (χ1) is 12.9. The second-order valence-corrected chi connectivity index (χ2v) is 7.94. The Morgan fingerprint density at radius 1 is 1.00 bits per heavy atom. The molecule has 0 amide bonds. The van der Waals surface area contributed by atoms with E-state index in [-0.39, 0.29) is 10.7 Å². The number of aryl methyl sites for hydroxylation is 1. The molecular formula is C20H16FN3O2S. The van der Waals surface area contributed by atoms with Crippen molar-refractivity contribution in [2.24, 2.45) is 0 Å². The van der Waals surface area contributed by atoms with E-state index in [0.717, 1.165) is 10.9 Å². The van der Waals surface area contributed by atoms with Gasteiger partial charge in [-0.15, -0.1) is 0 Å². The molecule has 2 N–H and O–H groups in total. The number of aromatic amines is 1. The van der Waals surface area contributed by atoms with Crippen LogP contribution in [0, 0.1) is 12.7 Å². The number of nitrogens with one attached hydrogen (secondary N) is 2. The van der Waals surface area contributed by atoms with Gasteiger partial charge in [-0.05, 0) is 49.4 Å². The van der Waals surface area contributed by atoms with Crippen LogP contribution in [0.2, 0.25) is 0 Å². The molecule has 7 heteroatoms. The second kappa shape index (κ2) is 6.51. The summed E-state index contributed by atoms with van der Waals surface area (Å²) in [6.45, 7) is 1.93. The monoisotopic (exact) mass is 381 g/mol. The molecule has 0 spiro atoms. The summed E-state index contributed by atoms with van der Waals surface area (Å²) >= 11 is 0. The number of fused-ring (bicyclic) bond motifs is 1. The number of nitrogens with zero attached hydrogens (tertiary/aromatic N) is 1. The van der Waals surface area contributed by atoms with Crippen molar-refractivity contribution in [2.75, 3.05) is 4.72 Å². The first-order valence-electron chi connectivity index (χ1n) is 8.26. The molecule has 0 saturated heterocycles. The maximum Gasteiger partial charge on any atom is 0.261 e. The first-order valence-corrected chi connectivity index (χ1v) is 9.74. The van der Waals surface area contributed by atoms with Crippen LogP contribution in [-0.4, -0.2) is 18.6 Å². The predicted octanol–water partition coefficient (Wildman–Crippen LogP) is 4.48. The summed E-state index contributed by atoms with van der Waals surface area (Å²) in [4.78, 5) is 0.124. The maximum absolute atomic E-state index is 13.4. The zero-order valence-electron chi connectivity index (χ0n) is 14.4. The van der Waals surface area contributed by atoms with Crippen LogP contribution in [0.15, 0.2) is 71.6 Å². The zero-order chi connectivity index (χ0) is 19.0. The molecule has 4 aromatic rings. The van der Waals surface area contributed by atoms with Gasteiger partial charge in [0.15, 0.2) is 0 Å². The molecule has 1 heterocycles. The van der Waals surface area contributed by atoms with E-state index < -0.39 is 10.0 Å². The van der Waals surface area contributed by atoms with Gasteiger partial charge >= 0.3 is 0 Å². The minimum atomic E-state index is -3.75. The van der Waals surface area contributed by atoms with Crippen LogP contribution in [0.4, 0.5) is 10.1 Å². The number of hydrogen-bond acceptors (Lipinski definition) is 3. The number of hydrogen-bond donors (Lipinski definition) is 2. The Balaban J connectivity index is 1.72. The summed E-state index contributed by atoms with van der Waals surface area (Å²) in [6, 6.07) is 17.9. The Bertz CT molecular complexity index is 1230. The molecule has 1 aromatic heterocycles. The minimum Gasteiger partial charge on any atom is -0.280 e. The zero-order valence-corrected chi connectivity index (χ0v) is 15.2. The largest absolute Gasteiger partial charge is 0.280 e. The average molecular weight is 381 g/mol. The van der Waals surface area contributed by atoms with Crippen LogP contribution >= 0.6 is 0 Å². The van der Waals surface area contributed by atoms with Gasteiger partial charge in [-0.1, -0.05) is 29.8 Å². The standard InChI is InChI=1S/C20H16FN3O2S/c1-13-5-8-16(9-6-13)24-27(25,26)17-4-2-3-14(11-17)20-18-10-7-15(21)12-19(18)22-23-20/h2-12,24H,1H3,(H,22,23). The Labute approximate surface area is 155 Å². The molecule has 27 heavy (non-hydrogen) atoms. The molecule has 0 atom stereocenters. The molecule has 0 aliphatic carbocycles. The lowest BCUT2D eigenvalue weighted by Crippen LogP contribution is -2.12. The maximum atomic E-state index is 13.4. The highest BCUT2D eigenvalue weighted by molar-refractivity contribution is 7.92. The van der Waals surface area contributed by atoms with E-state index in [2.05, 4.69) is 14.9 Å². The predicted molar refractivity (Wildman–Crippen MR) is 103 cm³/mol. The molecule has 4 rings (SSSR count). The Hall–Kier alpha value is -3.19. The normalized spacial score (nSPS) is 11.6. The third kappa shape index (κ3) is 3.41. The van der Waals surface area contributed by atoms with Gasteiger partial charge in [-0.3, -0.25) is 9.82 Å². The Morgan fingerprint density at radius 3 is 2.56 bits per heavy atom. The fourth-order valence-corrected chi connectivity index (χ4v) is 3.96. The fourth-order valence-electron chi connectivity index (χ4n) is 2.86. The van der Waals surface area contributed by atoms with E-state index in [4.69, 9.17) is 0 Å². The third-order valence-corrected chi connectivity index (χ3v) is 5.63. The van der Waals surface area contributed by atoms with E-state index >= 15 is 0 Å². The summed E-state index contributed by atoms with van der Waals surface area (Å²) in [5.74, 6) is -0.365. The summed E-state index contributed by atoms with van der Waals surface area (Å²) < 4.78 is 41.4.